The number of carbonyl (C=O) groups excluding carboxylic acids is 1. The Morgan fingerprint density at radius 3 is 2.71 bits per heavy atom. The molecule has 0 aliphatic heterocycles. The molecule has 0 bridgehead atoms. The second-order valence-electron chi connectivity index (χ2n) is 7.09. The minimum Gasteiger partial charge on any atom is -0.497 e. The molecule has 0 spiro atoms. The summed E-state index contributed by atoms with van der Waals surface area (Å²) in [5, 5.41) is 6.84. The van der Waals surface area contributed by atoms with Gasteiger partial charge in [-0.05, 0) is 42.5 Å². The van der Waals surface area contributed by atoms with E-state index in [4.69, 9.17) is 9.84 Å². The molecule has 6 heteroatoms. The van der Waals surface area contributed by atoms with Gasteiger partial charge in [0.2, 0.25) is 0 Å². The number of benzene rings is 1. The van der Waals surface area contributed by atoms with Crippen LogP contribution in [0.4, 0.5) is 0 Å². The summed E-state index contributed by atoms with van der Waals surface area (Å²) in [6.07, 6.45) is 3.06. The Labute approximate surface area is 166 Å². The smallest absolute Gasteiger partial charge is 0.166 e. The van der Waals surface area contributed by atoms with E-state index in [0.717, 1.165) is 40.3 Å². The molecular weight excluding hydrogens is 370 g/mol. The van der Waals surface area contributed by atoms with Gasteiger partial charge in [0.05, 0.1) is 24.1 Å². The molecule has 3 aromatic heterocycles. The number of fused-ring (bicyclic) bond motifs is 3. The summed E-state index contributed by atoms with van der Waals surface area (Å²) in [5.74, 6) is 1.17. The van der Waals surface area contributed by atoms with Crippen molar-refractivity contribution in [2.45, 2.75) is 25.7 Å². The van der Waals surface area contributed by atoms with Crippen LogP contribution in [0.2, 0.25) is 0 Å². The number of carbonyl (C=O) groups is 1. The molecule has 1 atom stereocenters. The fourth-order valence-electron chi connectivity index (χ4n) is 4.03. The minimum absolute atomic E-state index is 0.146. The maximum atomic E-state index is 12.8. The molecule has 3 heterocycles. The highest BCUT2D eigenvalue weighted by Crippen LogP contribution is 2.36. The Bertz CT molecular complexity index is 1180. The van der Waals surface area contributed by atoms with Crippen LogP contribution in [0.15, 0.2) is 48.0 Å². The van der Waals surface area contributed by atoms with Crippen LogP contribution in [0, 0.1) is 6.92 Å². The van der Waals surface area contributed by atoms with E-state index >= 15 is 0 Å². The van der Waals surface area contributed by atoms with Gasteiger partial charge in [-0.2, -0.15) is 5.10 Å². The van der Waals surface area contributed by atoms with E-state index in [1.54, 1.807) is 24.6 Å². The topological polar surface area (TPSA) is 56.5 Å². The largest absolute Gasteiger partial charge is 0.497 e. The molecule has 0 N–H and O–H groups in total. The average Bonchev–Trinajstić information content (AvgIpc) is 3.35. The molecule has 5 nitrogen and oxygen atoms in total. The summed E-state index contributed by atoms with van der Waals surface area (Å²) in [4.78, 5) is 18.7. The number of hydrogen-bond donors (Lipinski definition) is 0. The van der Waals surface area contributed by atoms with Crippen molar-refractivity contribution in [3.8, 4) is 16.9 Å². The fraction of sp³-hybridized carbons (Fsp3) is 0.227. The highest BCUT2D eigenvalue weighted by atomic mass is 32.1. The van der Waals surface area contributed by atoms with Crippen molar-refractivity contribution in [1.29, 1.82) is 0 Å². The number of aryl methyl sites for hydroxylation is 1. The summed E-state index contributed by atoms with van der Waals surface area (Å²) < 4.78 is 7.14. The van der Waals surface area contributed by atoms with E-state index in [1.165, 1.54) is 4.88 Å². The number of rotatable bonds is 3. The zero-order chi connectivity index (χ0) is 19.3. The normalized spacial score (nSPS) is 16.4. The van der Waals surface area contributed by atoms with Gasteiger partial charge >= 0.3 is 0 Å². The van der Waals surface area contributed by atoms with Crippen molar-refractivity contribution in [1.82, 2.24) is 14.6 Å². The molecule has 28 heavy (non-hydrogen) atoms. The number of hydrogen-bond acceptors (Lipinski definition) is 5. The second-order valence-corrected chi connectivity index (χ2v) is 8.07. The number of ketones is 1. The van der Waals surface area contributed by atoms with Crippen LogP contribution in [-0.2, 0) is 6.42 Å². The molecule has 0 amide bonds. The third-order valence-electron chi connectivity index (χ3n) is 5.41. The van der Waals surface area contributed by atoms with Crippen molar-refractivity contribution >= 4 is 22.8 Å². The standard InChI is InChI=1S/C22H19N3O2S/c1-13-21(14-5-7-16(27-2)8-6-14)22-23-12-17-18(25(22)24-13)10-15(11-19(17)26)20-4-3-9-28-20/h3-9,12,15H,10-11H2,1-2H3. The molecule has 0 saturated carbocycles. The molecule has 1 aliphatic rings. The monoisotopic (exact) mass is 389 g/mol. The highest BCUT2D eigenvalue weighted by Gasteiger charge is 2.30. The molecule has 1 aromatic carbocycles. The first-order chi connectivity index (χ1) is 13.7. The van der Waals surface area contributed by atoms with Gasteiger partial charge in [-0.3, -0.25) is 4.79 Å². The second kappa shape index (κ2) is 6.56. The fourth-order valence-corrected chi connectivity index (χ4v) is 4.86. The number of Topliss-reactive ketones (excluding diaryl/α,β-unsaturated/α-hetero) is 1. The number of thiophene rings is 1. The van der Waals surface area contributed by atoms with Crippen LogP contribution in [0.5, 0.6) is 5.75 Å². The Kier molecular flexibility index (Phi) is 4.02. The Balaban J connectivity index is 1.66. The Morgan fingerprint density at radius 1 is 1.18 bits per heavy atom. The predicted molar refractivity (Wildman–Crippen MR) is 109 cm³/mol. The maximum Gasteiger partial charge on any atom is 0.166 e. The Morgan fingerprint density at radius 2 is 2.00 bits per heavy atom. The summed E-state index contributed by atoms with van der Waals surface area (Å²) in [7, 11) is 1.66. The summed E-state index contributed by atoms with van der Waals surface area (Å²) in [6, 6.07) is 12.1. The van der Waals surface area contributed by atoms with Crippen LogP contribution in [0.1, 0.15) is 39.0 Å². The first kappa shape index (κ1) is 17.1. The van der Waals surface area contributed by atoms with Crippen molar-refractivity contribution in [2.24, 2.45) is 0 Å². The van der Waals surface area contributed by atoms with Gasteiger partial charge in [0.25, 0.3) is 0 Å². The lowest BCUT2D eigenvalue weighted by molar-refractivity contribution is 0.0962. The van der Waals surface area contributed by atoms with Gasteiger partial charge in [0, 0.05) is 29.0 Å². The van der Waals surface area contributed by atoms with Crippen molar-refractivity contribution in [3.63, 3.8) is 0 Å². The van der Waals surface area contributed by atoms with Gasteiger partial charge in [-0.1, -0.05) is 18.2 Å². The van der Waals surface area contributed by atoms with Crippen molar-refractivity contribution < 1.29 is 9.53 Å². The lowest BCUT2D eigenvalue weighted by Crippen LogP contribution is -2.22. The van der Waals surface area contributed by atoms with E-state index in [1.807, 2.05) is 41.8 Å². The third-order valence-corrected chi connectivity index (χ3v) is 6.45. The number of aromatic nitrogens is 3. The molecule has 0 radical (unpaired) electrons. The highest BCUT2D eigenvalue weighted by molar-refractivity contribution is 7.10. The van der Waals surface area contributed by atoms with E-state index < -0.39 is 0 Å². The summed E-state index contributed by atoms with van der Waals surface area (Å²) in [5.41, 5.74) is 5.39. The molecule has 5 rings (SSSR count). The lowest BCUT2D eigenvalue weighted by atomic mass is 9.85. The van der Waals surface area contributed by atoms with E-state index in [0.29, 0.717) is 12.0 Å². The summed E-state index contributed by atoms with van der Waals surface area (Å²) in [6.45, 7) is 1.99. The Hall–Kier alpha value is -2.99. The van der Waals surface area contributed by atoms with Crippen LogP contribution in [0.3, 0.4) is 0 Å². The molecule has 140 valence electrons. The van der Waals surface area contributed by atoms with Gasteiger partial charge in [-0.25, -0.2) is 9.50 Å². The third kappa shape index (κ3) is 2.64. The van der Waals surface area contributed by atoms with Crippen LogP contribution in [0.25, 0.3) is 16.8 Å². The molecule has 1 aliphatic carbocycles. The van der Waals surface area contributed by atoms with E-state index in [-0.39, 0.29) is 11.7 Å². The molecule has 1 unspecified atom stereocenters. The van der Waals surface area contributed by atoms with Crippen molar-refractivity contribution in [3.05, 3.63) is 69.8 Å². The first-order valence-corrected chi connectivity index (χ1v) is 10.1. The van der Waals surface area contributed by atoms with Crippen molar-refractivity contribution in [2.75, 3.05) is 7.11 Å². The molecule has 0 fully saturated rings. The minimum atomic E-state index is 0.146. The SMILES string of the molecule is COc1ccc(-c2c(C)nn3c4c(cnc23)C(=O)CC(c2cccs2)C4)cc1. The van der Waals surface area contributed by atoms with Crippen LogP contribution < -0.4 is 4.74 Å². The van der Waals surface area contributed by atoms with Gasteiger partial charge in [-0.15, -0.1) is 11.3 Å². The summed E-state index contributed by atoms with van der Waals surface area (Å²) >= 11 is 1.71. The average molecular weight is 389 g/mol. The molecule has 0 saturated heterocycles. The number of ether oxygens (including phenoxy) is 1. The van der Waals surface area contributed by atoms with Gasteiger partial charge in [0.15, 0.2) is 11.4 Å². The van der Waals surface area contributed by atoms with Crippen LogP contribution in [-0.4, -0.2) is 27.5 Å². The van der Waals surface area contributed by atoms with Gasteiger partial charge in [0.1, 0.15) is 5.75 Å². The predicted octanol–water partition coefficient (Wildman–Crippen LogP) is 4.69. The number of nitrogens with zero attached hydrogens (tertiary/aromatic N) is 3. The van der Waals surface area contributed by atoms with Crippen LogP contribution >= 0.6 is 11.3 Å². The zero-order valence-corrected chi connectivity index (χ0v) is 16.5. The first-order valence-electron chi connectivity index (χ1n) is 9.24. The lowest BCUT2D eigenvalue weighted by Gasteiger charge is -2.23. The number of methoxy groups -OCH3 is 1. The quantitative estimate of drug-likeness (QED) is 0.510. The molecular formula is C22H19N3O2S. The van der Waals surface area contributed by atoms with E-state index in [9.17, 15) is 4.79 Å². The van der Waals surface area contributed by atoms with E-state index in [2.05, 4.69) is 16.4 Å². The maximum absolute atomic E-state index is 12.8. The molecule has 4 aromatic rings. The van der Waals surface area contributed by atoms with Gasteiger partial charge < -0.3 is 4.74 Å². The zero-order valence-electron chi connectivity index (χ0n) is 15.7.